The van der Waals surface area contributed by atoms with Crippen molar-refractivity contribution in [3.8, 4) is 11.5 Å². The van der Waals surface area contributed by atoms with Gasteiger partial charge in [-0.1, -0.05) is 37.6 Å². The Hall–Kier alpha value is -3.34. The molecule has 2 aromatic rings. The first-order valence-electron chi connectivity index (χ1n) is 14.6. The Labute approximate surface area is 257 Å². The van der Waals surface area contributed by atoms with Crippen molar-refractivity contribution in [3.05, 3.63) is 52.5 Å². The minimum absolute atomic E-state index is 0.164. The normalized spacial score (nSPS) is 22.4. The van der Waals surface area contributed by atoms with Crippen LogP contribution in [0.4, 0.5) is 5.69 Å². The number of aliphatic carboxylic acids is 1. The molecule has 10 nitrogen and oxygen atoms in total. The number of nitrogens with zero attached hydrogens (tertiary/aromatic N) is 1. The summed E-state index contributed by atoms with van der Waals surface area (Å²) in [6.45, 7) is 4.11. The zero-order valence-electron chi connectivity index (χ0n) is 25.1. The standard InChI is InChI=1S/C32H41ClN2O8/c1-32(2,18-36)17-35-24-13-12-21(33)14-23(24)28(22-6-5-7-25(41-3)29(22)42-4)43-26(30(35)38)15-27(37)34-16-19-8-10-20(11-9-19)31(39)40/h5-7,12-14,19-20,26,28,36H,8-11,15-18H2,1-4H3,(H,34,37)(H,39,40)/t19?,20?,26-,28-/m1/s1. The van der Waals surface area contributed by atoms with Gasteiger partial charge in [-0.05, 0) is 55.9 Å². The number of para-hydroxylation sites is 1. The molecule has 0 saturated heterocycles. The monoisotopic (exact) mass is 616 g/mol. The number of halogens is 1. The van der Waals surface area contributed by atoms with Gasteiger partial charge in [0.25, 0.3) is 5.91 Å². The number of fused-ring (bicyclic) bond motifs is 1. The summed E-state index contributed by atoms with van der Waals surface area (Å²) in [4.78, 5) is 40.3. The smallest absolute Gasteiger partial charge is 0.306 e. The number of anilines is 1. The Balaban J connectivity index is 1.67. The van der Waals surface area contributed by atoms with E-state index in [-0.39, 0.29) is 37.3 Å². The molecule has 1 saturated carbocycles. The molecular weight excluding hydrogens is 576 g/mol. The summed E-state index contributed by atoms with van der Waals surface area (Å²) in [6.07, 6.45) is 0.366. The molecule has 234 valence electrons. The second kappa shape index (κ2) is 14.0. The fraction of sp³-hybridized carbons (Fsp3) is 0.531. The van der Waals surface area contributed by atoms with Crippen LogP contribution in [0, 0.1) is 17.3 Å². The number of aliphatic hydroxyl groups excluding tert-OH is 1. The molecule has 3 N–H and O–H groups in total. The van der Waals surface area contributed by atoms with E-state index < -0.39 is 29.5 Å². The third-order valence-corrected chi connectivity index (χ3v) is 8.52. The Morgan fingerprint density at radius 1 is 1.09 bits per heavy atom. The predicted octanol–water partition coefficient (Wildman–Crippen LogP) is 4.59. The maximum absolute atomic E-state index is 14.2. The van der Waals surface area contributed by atoms with E-state index in [9.17, 15) is 24.6 Å². The van der Waals surface area contributed by atoms with Gasteiger partial charge in [0.1, 0.15) is 12.2 Å². The predicted molar refractivity (Wildman–Crippen MR) is 162 cm³/mol. The number of nitrogens with one attached hydrogen (secondary N) is 1. The van der Waals surface area contributed by atoms with Crippen LogP contribution < -0.4 is 19.7 Å². The van der Waals surface area contributed by atoms with Gasteiger partial charge in [0, 0.05) is 46.9 Å². The molecule has 1 aliphatic carbocycles. The van der Waals surface area contributed by atoms with Crippen LogP contribution in [0.1, 0.15) is 63.2 Å². The van der Waals surface area contributed by atoms with Crippen LogP contribution in [0.15, 0.2) is 36.4 Å². The summed E-state index contributed by atoms with van der Waals surface area (Å²) in [5, 5.41) is 22.7. The number of rotatable bonds is 11. The highest BCUT2D eigenvalue weighted by atomic mass is 35.5. The number of hydrogen-bond acceptors (Lipinski definition) is 7. The summed E-state index contributed by atoms with van der Waals surface area (Å²) in [5.41, 5.74) is 1.12. The van der Waals surface area contributed by atoms with Crippen molar-refractivity contribution in [1.29, 1.82) is 0 Å². The number of methoxy groups -OCH3 is 2. The molecule has 2 aromatic carbocycles. The molecule has 0 radical (unpaired) electrons. The molecule has 1 fully saturated rings. The van der Waals surface area contributed by atoms with Crippen molar-refractivity contribution in [2.24, 2.45) is 17.3 Å². The summed E-state index contributed by atoms with van der Waals surface area (Å²) in [7, 11) is 3.05. The van der Waals surface area contributed by atoms with Gasteiger partial charge < -0.3 is 34.6 Å². The van der Waals surface area contributed by atoms with E-state index in [1.165, 1.54) is 14.2 Å². The van der Waals surface area contributed by atoms with Crippen molar-refractivity contribution in [2.75, 3.05) is 38.8 Å². The average Bonchev–Trinajstić information content (AvgIpc) is 3.09. The first-order chi connectivity index (χ1) is 20.5. The number of ether oxygens (including phenoxy) is 3. The van der Waals surface area contributed by atoms with Crippen LogP contribution in [-0.4, -0.2) is 68.0 Å². The Morgan fingerprint density at radius 3 is 2.44 bits per heavy atom. The van der Waals surface area contributed by atoms with Gasteiger partial charge in [-0.15, -0.1) is 0 Å². The molecular formula is C32H41ClN2O8. The quantitative estimate of drug-likeness (QED) is 0.334. The maximum Gasteiger partial charge on any atom is 0.306 e. The lowest BCUT2D eigenvalue weighted by atomic mass is 9.82. The van der Waals surface area contributed by atoms with Gasteiger partial charge in [-0.3, -0.25) is 14.4 Å². The van der Waals surface area contributed by atoms with E-state index >= 15 is 0 Å². The highest BCUT2D eigenvalue weighted by molar-refractivity contribution is 6.30. The van der Waals surface area contributed by atoms with Gasteiger partial charge in [0.15, 0.2) is 11.5 Å². The van der Waals surface area contributed by atoms with E-state index in [0.717, 1.165) is 0 Å². The van der Waals surface area contributed by atoms with Crippen LogP contribution >= 0.6 is 11.6 Å². The highest BCUT2D eigenvalue weighted by Gasteiger charge is 2.41. The topological polar surface area (TPSA) is 135 Å². The number of carbonyl (C=O) groups is 3. The van der Waals surface area contributed by atoms with E-state index in [2.05, 4.69) is 5.32 Å². The minimum atomic E-state index is -1.16. The van der Waals surface area contributed by atoms with Gasteiger partial charge in [0.05, 0.1) is 26.6 Å². The molecule has 0 aromatic heterocycles. The SMILES string of the molecule is COc1cccc([C@H]2O[C@H](CC(=O)NCC3CCC(C(=O)O)CC3)C(=O)N(CC(C)(C)CO)c3ccc(Cl)cc32)c1OC. The van der Waals surface area contributed by atoms with E-state index in [4.69, 9.17) is 25.8 Å². The summed E-state index contributed by atoms with van der Waals surface area (Å²) >= 11 is 6.47. The molecule has 4 rings (SSSR count). The lowest BCUT2D eigenvalue weighted by Crippen LogP contribution is -2.46. The van der Waals surface area contributed by atoms with E-state index in [1.54, 1.807) is 35.2 Å². The number of carboxylic acid groups (broad SMARTS) is 1. The Kier molecular flexibility index (Phi) is 10.6. The molecule has 2 amide bonds. The van der Waals surface area contributed by atoms with Crippen molar-refractivity contribution in [3.63, 3.8) is 0 Å². The molecule has 0 spiro atoms. The average molecular weight is 617 g/mol. The molecule has 1 aliphatic heterocycles. The van der Waals surface area contributed by atoms with Crippen LogP contribution in [0.25, 0.3) is 0 Å². The fourth-order valence-electron chi connectivity index (χ4n) is 5.82. The first kappa shape index (κ1) is 32.6. The second-order valence-electron chi connectivity index (χ2n) is 12.1. The molecule has 11 heteroatoms. The van der Waals surface area contributed by atoms with Crippen molar-refractivity contribution in [1.82, 2.24) is 5.32 Å². The molecule has 0 bridgehead atoms. The van der Waals surface area contributed by atoms with Crippen molar-refractivity contribution < 1.29 is 38.8 Å². The lowest BCUT2D eigenvalue weighted by molar-refractivity contribution is -0.143. The third kappa shape index (κ3) is 7.60. The third-order valence-electron chi connectivity index (χ3n) is 8.29. The molecule has 1 heterocycles. The first-order valence-corrected chi connectivity index (χ1v) is 14.9. The second-order valence-corrected chi connectivity index (χ2v) is 12.5. The van der Waals surface area contributed by atoms with Crippen LogP contribution in [-0.2, 0) is 19.1 Å². The van der Waals surface area contributed by atoms with Gasteiger partial charge in [-0.25, -0.2) is 0 Å². The molecule has 0 unspecified atom stereocenters. The zero-order valence-corrected chi connectivity index (χ0v) is 25.9. The highest BCUT2D eigenvalue weighted by Crippen LogP contribution is 2.45. The summed E-state index contributed by atoms with van der Waals surface area (Å²) < 4.78 is 17.8. The van der Waals surface area contributed by atoms with Gasteiger partial charge in [0.2, 0.25) is 5.91 Å². The van der Waals surface area contributed by atoms with Crippen molar-refractivity contribution in [2.45, 2.75) is 58.2 Å². The number of amides is 2. The fourth-order valence-corrected chi connectivity index (χ4v) is 6.00. The number of hydrogen-bond donors (Lipinski definition) is 3. The van der Waals surface area contributed by atoms with Gasteiger partial charge in [-0.2, -0.15) is 0 Å². The molecule has 2 aliphatic rings. The number of benzene rings is 2. The lowest BCUT2D eigenvalue weighted by Gasteiger charge is -2.32. The largest absolute Gasteiger partial charge is 0.493 e. The molecule has 43 heavy (non-hydrogen) atoms. The van der Waals surface area contributed by atoms with E-state index in [0.29, 0.717) is 65.6 Å². The van der Waals surface area contributed by atoms with Crippen molar-refractivity contribution >= 4 is 35.1 Å². The number of carboxylic acids is 1. The summed E-state index contributed by atoms with van der Waals surface area (Å²) in [6, 6.07) is 10.6. The molecule has 2 atom stereocenters. The number of aliphatic hydroxyl groups is 1. The summed E-state index contributed by atoms with van der Waals surface area (Å²) in [5.74, 6) is -0.784. The van der Waals surface area contributed by atoms with Gasteiger partial charge >= 0.3 is 5.97 Å². The number of carbonyl (C=O) groups excluding carboxylic acids is 2. The van der Waals surface area contributed by atoms with Crippen LogP contribution in [0.2, 0.25) is 5.02 Å². The Bertz CT molecular complexity index is 1320. The maximum atomic E-state index is 14.2. The van der Waals surface area contributed by atoms with E-state index in [1.807, 2.05) is 19.9 Å². The van der Waals surface area contributed by atoms with Crippen LogP contribution in [0.5, 0.6) is 11.5 Å². The van der Waals surface area contributed by atoms with Crippen LogP contribution in [0.3, 0.4) is 0 Å². The zero-order chi connectivity index (χ0) is 31.3. The minimum Gasteiger partial charge on any atom is -0.493 e. The Morgan fingerprint density at radius 2 is 1.81 bits per heavy atom.